The SMILES string of the molecule is Cc1noc(C)c1-c1cnc2[nH]c(C)c(Cc3cccnc3)c2c1. The van der Waals surface area contributed by atoms with Crippen molar-refractivity contribution < 1.29 is 4.52 Å². The summed E-state index contributed by atoms with van der Waals surface area (Å²) < 4.78 is 5.30. The zero-order valence-corrected chi connectivity index (χ0v) is 13.9. The minimum atomic E-state index is 0.815. The van der Waals surface area contributed by atoms with Crippen molar-refractivity contribution in [1.29, 1.82) is 0 Å². The van der Waals surface area contributed by atoms with Crippen LogP contribution in [0.25, 0.3) is 22.2 Å². The van der Waals surface area contributed by atoms with Crippen LogP contribution in [0, 0.1) is 20.8 Å². The maximum Gasteiger partial charge on any atom is 0.141 e. The zero-order chi connectivity index (χ0) is 16.7. The number of hydrogen-bond donors (Lipinski definition) is 1. The molecule has 0 saturated heterocycles. The summed E-state index contributed by atoms with van der Waals surface area (Å²) in [6.07, 6.45) is 6.40. The van der Waals surface area contributed by atoms with Crippen LogP contribution in [-0.2, 0) is 6.42 Å². The summed E-state index contributed by atoms with van der Waals surface area (Å²) in [6.45, 7) is 5.97. The van der Waals surface area contributed by atoms with Gasteiger partial charge >= 0.3 is 0 Å². The molecule has 0 aliphatic carbocycles. The van der Waals surface area contributed by atoms with E-state index < -0.39 is 0 Å². The summed E-state index contributed by atoms with van der Waals surface area (Å²) in [5.74, 6) is 0.815. The van der Waals surface area contributed by atoms with Crippen molar-refractivity contribution in [3.63, 3.8) is 0 Å². The van der Waals surface area contributed by atoms with Crippen molar-refractivity contribution in [2.75, 3.05) is 0 Å². The summed E-state index contributed by atoms with van der Waals surface area (Å²) in [7, 11) is 0. The van der Waals surface area contributed by atoms with E-state index in [9.17, 15) is 0 Å². The van der Waals surface area contributed by atoms with Crippen LogP contribution in [-0.4, -0.2) is 20.1 Å². The summed E-state index contributed by atoms with van der Waals surface area (Å²) in [4.78, 5) is 12.2. The minimum absolute atomic E-state index is 0.815. The molecular weight excluding hydrogens is 300 g/mol. The van der Waals surface area contributed by atoms with Crippen molar-refractivity contribution in [1.82, 2.24) is 20.1 Å². The van der Waals surface area contributed by atoms with Gasteiger partial charge < -0.3 is 9.51 Å². The number of hydrogen-bond acceptors (Lipinski definition) is 4. The molecule has 5 nitrogen and oxygen atoms in total. The summed E-state index contributed by atoms with van der Waals surface area (Å²) >= 11 is 0. The Kier molecular flexibility index (Phi) is 3.41. The molecule has 0 aliphatic heterocycles. The number of aryl methyl sites for hydroxylation is 3. The van der Waals surface area contributed by atoms with E-state index in [0.717, 1.165) is 45.7 Å². The largest absolute Gasteiger partial charge is 0.361 e. The van der Waals surface area contributed by atoms with Gasteiger partial charge in [0.1, 0.15) is 11.4 Å². The Balaban J connectivity index is 1.85. The Hall–Kier alpha value is -2.95. The van der Waals surface area contributed by atoms with Gasteiger partial charge in [0.25, 0.3) is 0 Å². The third-order valence-corrected chi connectivity index (χ3v) is 4.40. The molecule has 4 aromatic heterocycles. The van der Waals surface area contributed by atoms with Gasteiger partial charge in [0.15, 0.2) is 0 Å². The van der Waals surface area contributed by atoms with Crippen molar-refractivity contribution in [2.45, 2.75) is 27.2 Å². The molecular formula is C19H18N4O. The molecule has 0 bridgehead atoms. The molecule has 0 atom stereocenters. The molecule has 120 valence electrons. The summed E-state index contributed by atoms with van der Waals surface area (Å²) in [5, 5.41) is 5.18. The van der Waals surface area contributed by atoms with Crippen LogP contribution in [0.2, 0.25) is 0 Å². The van der Waals surface area contributed by atoms with Crippen molar-refractivity contribution in [3.8, 4) is 11.1 Å². The Labute approximate surface area is 139 Å². The van der Waals surface area contributed by atoms with Crippen LogP contribution >= 0.6 is 0 Å². The highest BCUT2D eigenvalue weighted by atomic mass is 16.5. The molecule has 0 unspecified atom stereocenters. The average molecular weight is 318 g/mol. The maximum atomic E-state index is 5.30. The highest BCUT2D eigenvalue weighted by molar-refractivity contribution is 5.86. The van der Waals surface area contributed by atoms with Crippen LogP contribution in [0.5, 0.6) is 0 Å². The molecule has 0 saturated carbocycles. The second-order valence-corrected chi connectivity index (χ2v) is 6.09. The molecule has 4 heterocycles. The van der Waals surface area contributed by atoms with Crippen LogP contribution in [0.1, 0.15) is 28.3 Å². The first-order valence-corrected chi connectivity index (χ1v) is 7.93. The molecule has 4 aromatic rings. The normalized spacial score (nSPS) is 11.3. The third-order valence-electron chi connectivity index (χ3n) is 4.40. The Bertz CT molecular complexity index is 995. The quantitative estimate of drug-likeness (QED) is 0.617. The Morgan fingerprint density at radius 2 is 2.04 bits per heavy atom. The van der Waals surface area contributed by atoms with E-state index in [-0.39, 0.29) is 0 Å². The monoisotopic (exact) mass is 318 g/mol. The third kappa shape index (κ3) is 2.38. The molecule has 0 aliphatic rings. The first-order chi connectivity index (χ1) is 11.6. The second kappa shape index (κ2) is 5.60. The highest BCUT2D eigenvalue weighted by Gasteiger charge is 2.15. The van der Waals surface area contributed by atoms with E-state index in [1.165, 1.54) is 11.1 Å². The predicted molar refractivity (Wildman–Crippen MR) is 92.8 cm³/mol. The second-order valence-electron chi connectivity index (χ2n) is 6.09. The lowest BCUT2D eigenvalue weighted by atomic mass is 10.0. The van der Waals surface area contributed by atoms with Gasteiger partial charge in [-0.15, -0.1) is 0 Å². The maximum absolute atomic E-state index is 5.30. The first-order valence-electron chi connectivity index (χ1n) is 7.93. The van der Waals surface area contributed by atoms with Crippen LogP contribution in [0.15, 0.2) is 41.3 Å². The molecule has 0 spiro atoms. The number of rotatable bonds is 3. The van der Waals surface area contributed by atoms with Gasteiger partial charge in [-0.05, 0) is 44.0 Å². The minimum Gasteiger partial charge on any atom is -0.361 e. The number of H-pyrrole nitrogens is 1. The molecule has 24 heavy (non-hydrogen) atoms. The number of pyridine rings is 2. The number of aromatic nitrogens is 4. The van der Waals surface area contributed by atoms with E-state index in [1.54, 1.807) is 6.20 Å². The predicted octanol–water partition coefficient (Wildman–Crippen LogP) is 4.13. The molecule has 0 radical (unpaired) electrons. The van der Waals surface area contributed by atoms with Gasteiger partial charge in [-0.3, -0.25) is 4.98 Å². The number of fused-ring (bicyclic) bond motifs is 1. The fraction of sp³-hybridized carbons (Fsp3) is 0.211. The fourth-order valence-electron chi connectivity index (χ4n) is 3.22. The topological polar surface area (TPSA) is 67.6 Å². The smallest absolute Gasteiger partial charge is 0.141 e. The van der Waals surface area contributed by atoms with E-state index in [0.29, 0.717) is 0 Å². The van der Waals surface area contributed by atoms with Crippen LogP contribution in [0.3, 0.4) is 0 Å². The van der Waals surface area contributed by atoms with Gasteiger partial charge in [0.05, 0.1) is 5.69 Å². The van der Waals surface area contributed by atoms with Crippen molar-refractivity contribution in [3.05, 3.63) is 65.1 Å². The highest BCUT2D eigenvalue weighted by Crippen LogP contribution is 2.31. The number of nitrogens with zero attached hydrogens (tertiary/aromatic N) is 3. The van der Waals surface area contributed by atoms with Gasteiger partial charge in [-0.2, -0.15) is 0 Å². The van der Waals surface area contributed by atoms with E-state index in [1.807, 2.05) is 32.3 Å². The molecule has 0 amide bonds. The fourth-order valence-corrected chi connectivity index (χ4v) is 3.22. The molecule has 1 N–H and O–H groups in total. The van der Waals surface area contributed by atoms with Crippen LogP contribution < -0.4 is 0 Å². The summed E-state index contributed by atoms with van der Waals surface area (Å²) in [5.41, 5.74) is 7.41. The molecule has 0 fully saturated rings. The lowest BCUT2D eigenvalue weighted by molar-refractivity contribution is 0.393. The molecule has 0 aromatic carbocycles. The summed E-state index contributed by atoms with van der Waals surface area (Å²) in [6, 6.07) is 6.23. The zero-order valence-electron chi connectivity index (χ0n) is 13.9. The van der Waals surface area contributed by atoms with Crippen molar-refractivity contribution in [2.24, 2.45) is 0 Å². The van der Waals surface area contributed by atoms with Gasteiger partial charge in [0.2, 0.25) is 0 Å². The first kappa shape index (κ1) is 14.6. The number of aromatic amines is 1. The number of nitrogens with one attached hydrogen (secondary N) is 1. The van der Waals surface area contributed by atoms with E-state index in [4.69, 9.17) is 4.52 Å². The lowest BCUT2D eigenvalue weighted by Crippen LogP contribution is -1.91. The van der Waals surface area contributed by atoms with Gasteiger partial charge in [0, 0.05) is 47.2 Å². The standard InChI is InChI=1S/C19H18N4O/c1-11-16(7-14-5-4-6-20-9-14)17-8-15(10-21-19(17)22-11)18-12(2)23-24-13(18)3/h4-6,8-10H,7H2,1-3H3,(H,21,22). The van der Waals surface area contributed by atoms with Gasteiger partial charge in [-0.25, -0.2) is 4.98 Å². The Morgan fingerprint density at radius 1 is 1.17 bits per heavy atom. The Morgan fingerprint density at radius 3 is 2.75 bits per heavy atom. The molecule has 5 heteroatoms. The van der Waals surface area contributed by atoms with E-state index in [2.05, 4.69) is 39.2 Å². The van der Waals surface area contributed by atoms with E-state index >= 15 is 0 Å². The average Bonchev–Trinajstić information content (AvgIpc) is 3.08. The van der Waals surface area contributed by atoms with Gasteiger partial charge in [-0.1, -0.05) is 11.2 Å². The molecule has 4 rings (SSSR count). The van der Waals surface area contributed by atoms with Crippen molar-refractivity contribution >= 4 is 11.0 Å². The lowest BCUT2D eigenvalue weighted by Gasteiger charge is -2.04. The van der Waals surface area contributed by atoms with Crippen LogP contribution in [0.4, 0.5) is 0 Å².